The van der Waals surface area contributed by atoms with Gasteiger partial charge in [-0.05, 0) is 24.7 Å². The Labute approximate surface area is 130 Å². The number of methoxy groups -OCH3 is 1. The van der Waals surface area contributed by atoms with Gasteiger partial charge in [-0.15, -0.1) is 0 Å². The van der Waals surface area contributed by atoms with Crippen LogP contribution >= 0.6 is 0 Å². The average Bonchev–Trinajstić information content (AvgIpc) is 2.88. The molecule has 1 heterocycles. The molecule has 1 aliphatic rings. The molecule has 6 heteroatoms. The molecule has 120 valence electrons. The highest BCUT2D eigenvalue weighted by Crippen LogP contribution is 2.25. The SMILES string of the molecule is COCCN(C)Cc1ccc(N2C[C@@H](C(=O)O)CC2=O)cc1. The van der Waals surface area contributed by atoms with E-state index in [-0.39, 0.29) is 18.9 Å². The fraction of sp³-hybridized carbons (Fsp3) is 0.500. The smallest absolute Gasteiger partial charge is 0.308 e. The Morgan fingerprint density at radius 1 is 1.41 bits per heavy atom. The van der Waals surface area contributed by atoms with Gasteiger partial charge in [-0.2, -0.15) is 0 Å². The van der Waals surface area contributed by atoms with E-state index in [1.54, 1.807) is 12.0 Å². The first-order chi connectivity index (χ1) is 10.5. The van der Waals surface area contributed by atoms with Gasteiger partial charge in [-0.25, -0.2) is 0 Å². The third-order valence-electron chi connectivity index (χ3n) is 3.85. The van der Waals surface area contributed by atoms with Crippen LogP contribution in [0.15, 0.2) is 24.3 Å². The monoisotopic (exact) mass is 306 g/mol. The normalized spacial score (nSPS) is 18.2. The molecule has 1 saturated heterocycles. The molecule has 2 rings (SSSR count). The summed E-state index contributed by atoms with van der Waals surface area (Å²) in [7, 11) is 3.70. The maximum Gasteiger partial charge on any atom is 0.308 e. The van der Waals surface area contributed by atoms with E-state index in [1.165, 1.54) is 0 Å². The molecule has 1 aromatic rings. The van der Waals surface area contributed by atoms with Crippen LogP contribution in [0.5, 0.6) is 0 Å². The zero-order chi connectivity index (χ0) is 16.1. The highest BCUT2D eigenvalue weighted by Gasteiger charge is 2.34. The molecule has 1 aromatic carbocycles. The second kappa shape index (κ2) is 7.38. The summed E-state index contributed by atoms with van der Waals surface area (Å²) in [6.45, 7) is 2.59. The van der Waals surface area contributed by atoms with Gasteiger partial charge in [0.25, 0.3) is 0 Å². The van der Waals surface area contributed by atoms with Gasteiger partial charge < -0.3 is 14.7 Å². The van der Waals surface area contributed by atoms with Crippen molar-refractivity contribution in [3.05, 3.63) is 29.8 Å². The summed E-state index contributed by atoms with van der Waals surface area (Å²) in [4.78, 5) is 26.6. The number of benzene rings is 1. The lowest BCUT2D eigenvalue weighted by Gasteiger charge is -2.18. The van der Waals surface area contributed by atoms with Crippen LogP contribution in [-0.2, 0) is 20.9 Å². The number of hydrogen-bond donors (Lipinski definition) is 1. The van der Waals surface area contributed by atoms with Gasteiger partial charge in [0.15, 0.2) is 0 Å². The third kappa shape index (κ3) is 4.05. The zero-order valence-electron chi connectivity index (χ0n) is 13.0. The number of nitrogens with zero attached hydrogens (tertiary/aromatic N) is 2. The lowest BCUT2D eigenvalue weighted by Crippen LogP contribution is -2.26. The number of aliphatic carboxylic acids is 1. The van der Waals surface area contributed by atoms with Crippen molar-refractivity contribution >= 4 is 17.6 Å². The van der Waals surface area contributed by atoms with Crippen LogP contribution in [0.2, 0.25) is 0 Å². The predicted molar refractivity (Wildman–Crippen MR) is 82.7 cm³/mol. The van der Waals surface area contributed by atoms with E-state index in [4.69, 9.17) is 9.84 Å². The van der Waals surface area contributed by atoms with Crippen molar-refractivity contribution in [2.24, 2.45) is 5.92 Å². The maximum atomic E-state index is 11.9. The summed E-state index contributed by atoms with van der Waals surface area (Å²) in [5.74, 6) is -1.64. The van der Waals surface area contributed by atoms with Crippen LogP contribution in [0.25, 0.3) is 0 Å². The molecular weight excluding hydrogens is 284 g/mol. The number of likely N-dealkylation sites (N-methyl/N-ethyl adjacent to an activating group) is 1. The Kier molecular flexibility index (Phi) is 5.51. The van der Waals surface area contributed by atoms with Gasteiger partial charge in [0.1, 0.15) is 0 Å². The number of hydrogen-bond acceptors (Lipinski definition) is 4. The number of anilines is 1. The van der Waals surface area contributed by atoms with Gasteiger partial charge in [-0.1, -0.05) is 12.1 Å². The molecular formula is C16H22N2O4. The topological polar surface area (TPSA) is 70.1 Å². The Morgan fingerprint density at radius 2 is 2.09 bits per heavy atom. The Balaban J connectivity index is 1.97. The fourth-order valence-corrected chi connectivity index (χ4v) is 2.54. The lowest BCUT2D eigenvalue weighted by atomic mass is 10.1. The van der Waals surface area contributed by atoms with Gasteiger partial charge in [0.05, 0.1) is 12.5 Å². The zero-order valence-corrected chi connectivity index (χ0v) is 13.0. The number of ether oxygens (including phenoxy) is 1. The molecule has 1 amide bonds. The molecule has 0 bridgehead atoms. The van der Waals surface area contributed by atoms with Crippen LogP contribution in [0.4, 0.5) is 5.69 Å². The molecule has 22 heavy (non-hydrogen) atoms. The van der Waals surface area contributed by atoms with Gasteiger partial charge >= 0.3 is 5.97 Å². The predicted octanol–water partition coefficient (Wildman–Crippen LogP) is 1.20. The summed E-state index contributed by atoms with van der Waals surface area (Å²) in [5, 5.41) is 9.02. The number of carboxylic acids is 1. The Hall–Kier alpha value is -1.92. The number of rotatable bonds is 7. The van der Waals surface area contributed by atoms with E-state index in [9.17, 15) is 9.59 Å². The van der Waals surface area contributed by atoms with Crippen molar-refractivity contribution in [1.82, 2.24) is 4.90 Å². The minimum Gasteiger partial charge on any atom is -0.481 e. The average molecular weight is 306 g/mol. The van der Waals surface area contributed by atoms with Crippen LogP contribution in [0, 0.1) is 5.92 Å². The molecule has 0 radical (unpaired) electrons. The standard InChI is InChI=1S/C16H22N2O4/c1-17(7-8-22-2)10-12-3-5-14(6-4-12)18-11-13(16(20)21)9-15(18)19/h3-6,13H,7-11H2,1-2H3,(H,20,21)/t13-/m0/s1. The van der Waals surface area contributed by atoms with Gasteiger partial charge in [-0.3, -0.25) is 14.5 Å². The number of carbonyl (C=O) groups is 2. The van der Waals surface area contributed by atoms with Crippen molar-refractivity contribution < 1.29 is 19.4 Å². The molecule has 0 unspecified atom stereocenters. The summed E-state index contributed by atoms with van der Waals surface area (Å²) >= 11 is 0. The molecule has 1 fully saturated rings. The fourth-order valence-electron chi connectivity index (χ4n) is 2.54. The Bertz CT molecular complexity index is 529. The van der Waals surface area contributed by atoms with E-state index in [0.29, 0.717) is 6.61 Å². The molecule has 1 N–H and O–H groups in total. The highest BCUT2D eigenvalue weighted by atomic mass is 16.5. The second-order valence-electron chi connectivity index (χ2n) is 5.64. The minimum atomic E-state index is -0.910. The molecule has 0 saturated carbocycles. The van der Waals surface area contributed by atoms with Crippen LogP contribution in [0.3, 0.4) is 0 Å². The van der Waals surface area contributed by atoms with Gasteiger partial charge in [0, 0.05) is 38.9 Å². The quantitative estimate of drug-likeness (QED) is 0.820. The number of carboxylic acid groups (broad SMARTS) is 1. The first-order valence-electron chi connectivity index (χ1n) is 7.31. The van der Waals surface area contributed by atoms with E-state index < -0.39 is 11.9 Å². The molecule has 0 spiro atoms. The van der Waals surface area contributed by atoms with Crippen molar-refractivity contribution in [2.45, 2.75) is 13.0 Å². The third-order valence-corrected chi connectivity index (χ3v) is 3.85. The molecule has 6 nitrogen and oxygen atoms in total. The highest BCUT2D eigenvalue weighted by molar-refractivity contribution is 5.99. The maximum absolute atomic E-state index is 11.9. The van der Waals surface area contributed by atoms with Crippen LogP contribution in [-0.4, -0.2) is 55.7 Å². The van der Waals surface area contributed by atoms with Crippen molar-refractivity contribution in [3.63, 3.8) is 0 Å². The van der Waals surface area contributed by atoms with E-state index >= 15 is 0 Å². The summed E-state index contributed by atoms with van der Waals surface area (Å²) in [6.07, 6.45) is 0.0802. The van der Waals surface area contributed by atoms with Crippen molar-refractivity contribution in [3.8, 4) is 0 Å². The Morgan fingerprint density at radius 3 is 2.64 bits per heavy atom. The van der Waals surface area contributed by atoms with E-state index in [1.807, 2.05) is 31.3 Å². The van der Waals surface area contributed by atoms with E-state index in [0.717, 1.165) is 24.3 Å². The van der Waals surface area contributed by atoms with Crippen LogP contribution in [0.1, 0.15) is 12.0 Å². The summed E-state index contributed by atoms with van der Waals surface area (Å²) < 4.78 is 5.04. The second-order valence-corrected chi connectivity index (χ2v) is 5.64. The van der Waals surface area contributed by atoms with Crippen LogP contribution < -0.4 is 4.90 Å². The molecule has 1 aliphatic heterocycles. The summed E-state index contributed by atoms with van der Waals surface area (Å²) in [5.41, 5.74) is 1.90. The largest absolute Gasteiger partial charge is 0.481 e. The van der Waals surface area contributed by atoms with Crippen molar-refractivity contribution in [1.29, 1.82) is 0 Å². The molecule has 0 aromatic heterocycles. The first-order valence-corrected chi connectivity index (χ1v) is 7.31. The lowest BCUT2D eigenvalue weighted by molar-refractivity contribution is -0.141. The van der Waals surface area contributed by atoms with Gasteiger partial charge in [0.2, 0.25) is 5.91 Å². The van der Waals surface area contributed by atoms with E-state index in [2.05, 4.69) is 4.90 Å². The first kappa shape index (κ1) is 16.5. The molecule has 1 atom stereocenters. The van der Waals surface area contributed by atoms with Crippen molar-refractivity contribution in [2.75, 3.05) is 38.8 Å². The number of amides is 1. The summed E-state index contributed by atoms with van der Waals surface area (Å²) in [6, 6.07) is 7.70. The minimum absolute atomic E-state index is 0.0802. The molecule has 0 aliphatic carbocycles. The number of carbonyl (C=O) groups excluding carboxylic acids is 1.